The third kappa shape index (κ3) is 2.31. The smallest absolute Gasteiger partial charge is 0.244 e. The van der Waals surface area contributed by atoms with Gasteiger partial charge in [-0.2, -0.15) is 9.57 Å². The lowest BCUT2D eigenvalue weighted by atomic mass is 10.0. The number of hydrogen-bond acceptors (Lipinski definition) is 6. The Labute approximate surface area is 139 Å². The number of piperidine rings is 1. The summed E-state index contributed by atoms with van der Waals surface area (Å²) in [7, 11) is -3.73. The van der Waals surface area contributed by atoms with Crippen molar-refractivity contribution in [2.45, 2.75) is 30.1 Å². The highest BCUT2D eigenvalue weighted by Gasteiger charge is 2.40. The Hall–Kier alpha value is -2.28. The van der Waals surface area contributed by atoms with Crippen molar-refractivity contribution in [2.24, 2.45) is 0 Å². The van der Waals surface area contributed by atoms with E-state index in [9.17, 15) is 13.7 Å². The van der Waals surface area contributed by atoms with E-state index in [2.05, 4.69) is 10.3 Å². The number of sulfonamides is 1. The van der Waals surface area contributed by atoms with Gasteiger partial charge in [0.05, 0.1) is 41.1 Å². The number of fused-ring (bicyclic) bond motifs is 3. The average molecular weight is 345 g/mol. The number of rotatable bonds is 2. The van der Waals surface area contributed by atoms with Crippen molar-refractivity contribution >= 4 is 10.0 Å². The van der Waals surface area contributed by atoms with Gasteiger partial charge < -0.3 is 4.74 Å². The van der Waals surface area contributed by atoms with Gasteiger partial charge in [0, 0.05) is 13.1 Å². The molecular weight excluding hydrogens is 330 g/mol. The Morgan fingerprint density at radius 2 is 2.17 bits per heavy atom. The molecule has 124 valence electrons. The largest absolute Gasteiger partial charge is 0.368 e. The molecule has 1 saturated heterocycles. The monoisotopic (exact) mass is 345 g/mol. The Kier molecular flexibility index (Phi) is 3.60. The van der Waals surface area contributed by atoms with Crippen LogP contribution in [0.15, 0.2) is 35.4 Å². The summed E-state index contributed by atoms with van der Waals surface area (Å²) in [4.78, 5) is 0.0446. The average Bonchev–Trinajstić information content (AvgIpc) is 3.10. The summed E-state index contributed by atoms with van der Waals surface area (Å²) in [5.74, 6) is 0. The van der Waals surface area contributed by atoms with Gasteiger partial charge in [0.2, 0.25) is 10.0 Å². The van der Waals surface area contributed by atoms with Crippen LogP contribution in [0.3, 0.4) is 0 Å². The third-order valence-electron chi connectivity index (χ3n) is 4.52. The topological polar surface area (TPSA) is 101 Å². The van der Waals surface area contributed by atoms with E-state index in [1.165, 1.54) is 16.4 Å². The Morgan fingerprint density at radius 3 is 3.00 bits per heavy atom. The molecule has 0 amide bonds. The molecule has 0 spiro atoms. The van der Waals surface area contributed by atoms with Crippen LogP contribution in [-0.2, 0) is 21.4 Å². The van der Waals surface area contributed by atoms with Gasteiger partial charge in [-0.3, -0.25) is 0 Å². The molecule has 0 saturated carbocycles. The summed E-state index contributed by atoms with van der Waals surface area (Å²) in [6.07, 6.45) is 1.99. The van der Waals surface area contributed by atoms with Crippen LogP contribution in [0, 0.1) is 11.3 Å². The molecule has 3 heterocycles. The zero-order valence-corrected chi connectivity index (χ0v) is 13.6. The first-order chi connectivity index (χ1) is 11.6. The van der Waals surface area contributed by atoms with Gasteiger partial charge in [0.15, 0.2) is 0 Å². The van der Waals surface area contributed by atoms with E-state index in [0.29, 0.717) is 19.6 Å². The number of benzene rings is 1. The standard InChI is InChI=1S/C15H15N5O3S/c16-7-11-3-1-2-4-15(11)24(21,22)19-6-5-13-14(9-19)23-10-12-8-17-18-20(12)13/h1-4,8,13-14H,5-6,9-10H2/t13-,14-/m0/s1. The number of nitriles is 1. The lowest BCUT2D eigenvalue weighted by molar-refractivity contribution is -0.0544. The highest BCUT2D eigenvalue weighted by atomic mass is 32.2. The molecular formula is C15H15N5O3S. The highest BCUT2D eigenvalue weighted by Crippen LogP contribution is 2.33. The fraction of sp³-hybridized carbons (Fsp3) is 0.400. The number of ether oxygens (including phenoxy) is 1. The first kappa shape index (κ1) is 15.3. The summed E-state index contributed by atoms with van der Waals surface area (Å²) < 4.78 is 34.9. The normalized spacial score (nSPS) is 24.0. The minimum Gasteiger partial charge on any atom is -0.368 e. The Balaban J connectivity index is 1.62. The number of hydrogen-bond donors (Lipinski definition) is 0. The molecule has 2 aliphatic heterocycles. The van der Waals surface area contributed by atoms with E-state index in [1.54, 1.807) is 18.3 Å². The Bertz CT molecular complexity index is 917. The molecule has 0 radical (unpaired) electrons. The van der Waals surface area contributed by atoms with E-state index < -0.39 is 10.0 Å². The van der Waals surface area contributed by atoms with Crippen LogP contribution in [0.2, 0.25) is 0 Å². The molecule has 4 rings (SSSR count). The second-order valence-electron chi connectivity index (χ2n) is 5.85. The van der Waals surface area contributed by atoms with Gasteiger partial charge in [0.1, 0.15) is 6.07 Å². The van der Waals surface area contributed by atoms with Gasteiger partial charge in [-0.25, -0.2) is 13.1 Å². The van der Waals surface area contributed by atoms with Crippen molar-refractivity contribution in [3.05, 3.63) is 41.7 Å². The lowest BCUT2D eigenvalue weighted by Gasteiger charge is -2.40. The summed E-state index contributed by atoms with van der Waals surface area (Å²) >= 11 is 0. The van der Waals surface area contributed by atoms with E-state index >= 15 is 0 Å². The van der Waals surface area contributed by atoms with Crippen molar-refractivity contribution in [1.29, 1.82) is 5.26 Å². The van der Waals surface area contributed by atoms with Crippen LogP contribution in [0.4, 0.5) is 0 Å². The summed E-state index contributed by atoms with van der Waals surface area (Å²) in [6.45, 7) is 0.967. The van der Waals surface area contributed by atoms with Gasteiger partial charge in [-0.1, -0.05) is 17.3 Å². The predicted octanol–water partition coefficient (Wildman–Crippen LogP) is 0.684. The molecule has 0 N–H and O–H groups in total. The number of aromatic nitrogens is 3. The zero-order valence-electron chi connectivity index (χ0n) is 12.7. The molecule has 24 heavy (non-hydrogen) atoms. The maximum atomic E-state index is 12.9. The zero-order chi connectivity index (χ0) is 16.7. The van der Waals surface area contributed by atoms with E-state index in [4.69, 9.17) is 4.74 Å². The molecule has 1 fully saturated rings. The van der Waals surface area contributed by atoms with Gasteiger partial charge >= 0.3 is 0 Å². The molecule has 1 aromatic carbocycles. The molecule has 0 aliphatic carbocycles. The van der Waals surface area contributed by atoms with Crippen LogP contribution in [0.5, 0.6) is 0 Å². The molecule has 0 bridgehead atoms. The van der Waals surface area contributed by atoms with Crippen molar-refractivity contribution < 1.29 is 13.2 Å². The maximum Gasteiger partial charge on any atom is 0.244 e. The highest BCUT2D eigenvalue weighted by molar-refractivity contribution is 7.89. The molecule has 8 nitrogen and oxygen atoms in total. The van der Waals surface area contributed by atoms with Crippen LogP contribution in [-0.4, -0.2) is 46.9 Å². The molecule has 9 heteroatoms. The quantitative estimate of drug-likeness (QED) is 0.793. The van der Waals surface area contributed by atoms with Crippen molar-refractivity contribution in [3.8, 4) is 6.07 Å². The summed E-state index contributed by atoms with van der Waals surface area (Å²) in [5, 5.41) is 17.2. The van der Waals surface area contributed by atoms with Crippen LogP contribution in [0.1, 0.15) is 23.7 Å². The fourth-order valence-corrected chi connectivity index (χ4v) is 4.91. The SMILES string of the molecule is N#Cc1ccccc1S(=O)(=O)N1CC[C@H]2[C@H](C1)OCc1cnnn12. The lowest BCUT2D eigenvalue weighted by Crippen LogP contribution is -2.50. The summed E-state index contributed by atoms with van der Waals surface area (Å²) in [5.41, 5.74) is 1.06. The second-order valence-corrected chi connectivity index (χ2v) is 7.75. The van der Waals surface area contributed by atoms with Crippen LogP contribution in [0.25, 0.3) is 0 Å². The minimum absolute atomic E-state index is 0.00564. The number of nitrogens with zero attached hydrogens (tertiary/aromatic N) is 5. The minimum atomic E-state index is -3.73. The van der Waals surface area contributed by atoms with E-state index in [1.807, 2.05) is 10.8 Å². The first-order valence-electron chi connectivity index (χ1n) is 7.61. The second kappa shape index (κ2) is 5.66. The molecule has 2 aromatic rings. The fourth-order valence-electron chi connectivity index (χ4n) is 3.30. The maximum absolute atomic E-state index is 12.9. The van der Waals surface area contributed by atoms with Crippen LogP contribution >= 0.6 is 0 Å². The molecule has 2 atom stereocenters. The van der Waals surface area contributed by atoms with Crippen molar-refractivity contribution in [1.82, 2.24) is 19.3 Å². The van der Waals surface area contributed by atoms with Gasteiger partial charge in [-0.15, -0.1) is 5.10 Å². The Morgan fingerprint density at radius 1 is 1.33 bits per heavy atom. The van der Waals surface area contributed by atoms with E-state index in [-0.39, 0.29) is 29.1 Å². The van der Waals surface area contributed by atoms with Crippen molar-refractivity contribution in [3.63, 3.8) is 0 Å². The molecule has 2 aliphatic rings. The third-order valence-corrected chi connectivity index (χ3v) is 6.44. The van der Waals surface area contributed by atoms with Crippen molar-refractivity contribution in [2.75, 3.05) is 13.1 Å². The predicted molar refractivity (Wildman–Crippen MR) is 82.2 cm³/mol. The molecule has 1 aromatic heterocycles. The van der Waals surface area contributed by atoms with Gasteiger partial charge in [-0.05, 0) is 18.6 Å². The van der Waals surface area contributed by atoms with Crippen LogP contribution < -0.4 is 0 Å². The van der Waals surface area contributed by atoms with E-state index in [0.717, 1.165) is 5.69 Å². The van der Waals surface area contributed by atoms with Gasteiger partial charge in [0.25, 0.3) is 0 Å². The molecule has 0 unspecified atom stereocenters. The first-order valence-corrected chi connectivity index (χ1v) is 9.05. The summed E-state index contributed by atoms with van der Waals surface area (Å²) in [6, 6.07) is 8.20.